The van der Waals surface area contributed by atoms with Crippen LogP contribution in [0.5, 0.6) is 0 Å². The maximum atomic E-state index is 13.1. The zero-order valence-corrected chi connectivity index (χ0v) is 14.8. The zero-order chi connectivity index (χ0) is 17.7. The predicted octanol–water partition coefficient (Wildman–Crippen LogP) is 4.96. The number of esters is 1. The molecule has 2 rings (SSSR count). The molecule has 0 saturated heterocycles. The molecular weight excluding hydrogens is 324 g/mol. The van der Waals surface area contributed by atoms with Gasteiger partial charge in [-0.3, -0.25) is 9.59 Å². The Balaban J connectivity index is 2.46. The van der Waals surface area contributed by atoms with E-state index in [9.17, 15) is 9.59 Å². The van der Waals surface area contributed by atoms with Crippen LogP contribution in [0.3, 0.4) is 0 Å². The summed E-state index contributed by atoms with van der Waals surface area (Å²) in [6.45, 7) is 5.54. The minimum atomic E-state index is -1.01. The Bertz CT molecular complexity index is 705. The van der Waals surface area contributed by atoms with Crippen LogP contribution in [0, 0.1) is 6.92 Å². The smallest absolute Gasteiger partial charge is 0.321 e. The zero-order valence-electron chi connectivity index (χ0n) is 14.1. The largest absolute Gasteiger partial charge is 0.462 e. The summed E-state index contributed by atoms with van der Waals surface area (Å²) in [7, 11) is 0. The van der Waals surface area contributed by atoms with Crippen molar-refractivity contribution in [3.8, 4) is 0 Å². The molecule has 2 atom stereocenters. The Morgan fingerprint density at radius 1 is 1.08 bits per heavy atom. The number of aryl methyl sites for hydroxylation is 1. The highest BCUT2D eigenvalue weighted by Gasteiger charge is 2.33. The van der Waals surface area contributed by atoms with Crippen molar-refractivity contribution in [1.82, 2.24) is 0 Å². The van der Waals surface area contributed by atoms with Gasteiger partial charge in [0.25, 0.3) is 0 Å². The molecule has 24 heavy (non-hydrogen) atoms. The molecule has 0 amide bonds. The van der Waals surface area contributed by atoms with Crippen LogP contribution in [-0.2, 0) is 9.53 Å². The van der Waals surface area contributed by atoms with Crippen molar-refractivity contribution in [1.29, 1.82) is 0 Å². The number of Topliss-reactive ketones (excluding diaryl/α,β-unsaturated/α-hetero) is 1. The van der Waals surface area contributed by atoms with Gasteiger partial charge in [-0.25, -0.2) is 0 Å². The van der Waals surface area contributed by atoms with E-state index in [1.165, 1.54) is 0 Å². The van der Waals surface area contributed by atoms with E-state index in [2.05, 4.69) is 0 Å². The molecule has 0 fully saturated rings. The molecule has 2 unspecified atom stereocenters. The Morgan fingerprint density at radius 2 is 1.75 bits per heavy atom. The third kappa shape index (κ3) is 4.04. The second-order valence-corrected chi connectivity index (χ2v) is 6.20. The van der Waals surface area contributed by atoms with Crippen molar-refractivity contribution in [3.05, 3.63) is 70.2 Å². The Kier molecular flexibility index (Phi) is 6.16. The number of rotatable bonds is 6. The molecule has 126 valence electrons. The van der Waals surface area contributed by atoms with E-state index < -0.39 is 11.9 Å². The first-order chi connectivity index (χ1) is 11.5. The van der Waals surface area contributed by atoms with E-state index in [-0.39, 0.29) is 11.9 Å². The van der Waals surface area contributed by atoms with Crippen molar-refractivity contribution in [2.75, 3.05) is 0 Å². The van der Waals surface area contributed by atoms with Crippen LogP contribution in [0.4, 0.5) is 0 Å². The fourth-order valence-electron chi connectivity index (χ4n) is 2.48. The Morgan fingerprint density at radius 3 is 2.33 bits per heavy atom. The van der Waals surface area contributed by atoms with Crippen LogP contribution in [-0.4, -0.2) is 17.9 Å². The highest BCUT2D eigenvalue weighted by atomic mass is 35.5. The van der Waals surface area contributed by atoms with E-state index in [4.69, 9.17) is 16.3 Å². The topological polar surface area (TPSA) is 43.4 Å². The fraction of sp³-hybridized carbons (Fsp3) is 0.300. The highest BCUT2D eigenvalue weighted by Crippen LogP contribution is 2.29. The van der Waals surface area contributed by atoms with E-state index >= 15 is 0 Å². The third-order valence-corrected chi connectivity index (χ3v) is 4.31. The van der Waals surface area contributed by atoms with Gasteiger partial charge in [0, 0.05) is 5.56 Å². The molecule has 2 aromatic carbocycles. The summed E-state index contributed by atoms with van der Waals surface area (Å²) in [5.74, 6) is -1.89. The second-order valence-electron chi connectivity index (χ2n) is 5.80. The lowest BCUT2D eigenvalue weighted by Crippen LogP contribution is -2.27. The molecule has 0 heterocycles. The lowest BCUT2D eigenvalue weighted by atomic mass is 9.89. The standard InChI is InChI=1S/C20H21ClO3/c1-4-14(3)24-20(23)18(15-10-6-5-7-11-15)19(22)17-13(2)9-8-12-16(17)21/h5-12,14,18H,4H2,1-3H3. The Hall–Kier alpha value is -2.13. The van der Waals surface area contributed by atoms with Gasteiger partial charge in [-0.1, -0.05) is 61.0 Å². The number of carbonyl (C=O) groups excluding carboxylic acids is 2. The number of hydrogen-bond donors (Lipinski definition) is 0. The predicted molar refractivity (Wildman–Crippen MR) is 95.5 cm³/mol. The van der Waals surface area contributed by atoms with Gasteiger partial charge in [-0.15, -0.1) is 0 Å². The number of halogens is 1. The maximum Gasteiger partial charge on any atom is 0.321 e. The van der Waals surface area contributed by atoms with E-state index in [0.29, 0.717) is 22.6 Å². The van der Waals surface area contributed by atoms with Gasteiger partial charge in [0.1, 0.15) is 5.92 Å². The summed E-state index contributed by atoms with van der Waals surface area (Å²) in [6, 6.07) is 14.2. The normalized spacial score (nSPS) is 13.2. The first-order valence-electron chi connectivity index (χ1n) is 8.00. The first kappa shape index (κ1) is 18.2. The summed E-state index contributed by atoms with van der Waals surface area (Å²) >= 11 is 6.22. The lowest BCUT2D eigenvalue weighted by Gasteiger charge is -2.19. The minimum Gasteiger partial charge on any atom is -0.462 e. The van der Waals surface area contributed by atoms with E-state index in [0.717, 1.165) is 5.56 Å². The lowest BCUT2D eigenvalue weighted by molar-refractivity contribution is -0.148. The summed E-state index contributed by atoms with van der Waals surface area (Å²) in [4.78, 5) is 25.8. The van der Waals surface area contributed by atoms with Crippen molar-refractivity contribution in [2.24, 2.45) is 0 Å². The summed E-state index contributed by atoms with van der Waals surface area (Å²) in [6.07, 6.45) is 0.441. The van der Waals surface area contributed by atoms with Gasteiger partial charge in [0.2, 0.25) is 0 Å². The number of benzene rings is 2. The highest BCUT2D eigenvalue weighted by molar-refractivity contribution is 6.35. The Labute approximate surface area is 147 Å². The van der Waals surface area contributed by atoms with Gasteiger partial charge in [0.05, 0.1) is 11.1 Å². The first-order valence-corrected chi connectivity index (χ1v) is 8.38. The molecule has 0 bridgehead atoms. The minimum absolute atomic E-state index is 0.246. The molecule has 0 saturated carbocycles. The molecule has 3 nitrogen and oxygen atoms in total. The molecule has 0 aliphatic carbocycles. The summed E-state index contributed by atoms with van der Waals surface area (Å²) < 4.78 is 5.44. The van der Waals surface area contributed by atoms with Crippen LogP contribution in [0.2, 0.25) is 5.02 Å². The van der Waals surface area contributed by atoms with Crippen LogP contribution in [0.1, 0.15) is 47.7 Å². The van der Waals surface area contributed by atoms with Crippen LogP contribution in [0.15, 0.2) is 48.5 Å². The molecule has 0 N–H and O–H groups in total. The molecule has 0 aliphatic heterocycles. The molecule has 0 aliphatic rings. The van der Waals surface area contributed by atoms with Gasteiger partial charge in [-0.05, 0) is 37.5 Å². The SMILES string of the molecule is CCC(C)OC(=O)C(C(=O)c1c(C)cccc1Cl)c1ccccc1. The van der Waals surface area contributed by atoms with Gasteiger partial charge in [0.15, 0.2) is 5.78 Å². The second kappa shape index (κ2) is 8.11. The van der Waals surface area contributed by atoms with Gasteiger partial charge >= 0.3 is 5.97 Å². The number of ketones is 1. The van der Waals surface area contributed by atoms with E-state index in [1.54, 1.807) is 49.4 Å². The van der Waals surface area contributed by atoms with Crippen molar-refractivity contribution < 1.29 is 14.3 Å². The van der Waals surface area contributed by atoms with Crippen LogP contribution < -0.4 is 0 Å². The number of hydrogen-bond acceptors (Lipinski definition) is 3. The van der Waals surface area contributed by atoms with Crippen LogP contribution in [0.25, 0.3) is 0 Å². The molecule has 0 spiro atoms. The molecular formula is C20H21ClO3. The fourth-order valence-corrected chi connectivity index (χ4v) is 2.79. The monoisotopic (exact) mass is 344 g/mol. The van der Waals surface area contributed by atoms with Crippen LogP contribution >= 0.6 is 11.6 Å². The molecule has 4 heteroatoms. The maximum absolute atomic E-state index is 13.1. The average molecular weight is 345 g/mol. The van der Waals surface area contributed by atoms with Gasteiger partial charge in [-0.2, -0.15) is 0 Å². The van der Waals surface area contributed by atoms with Crippen molar-refractivity contribution in [3.63, 3.8) is 0 Å². The summed E-state index contributed by atoms with van der Waals surface area (Å²) in [5.41, 5.74) is 1.72. The van der Waals surface area contributed by atoms with E-state index in [1.807, 2.05) is 19.9 Å². The van der Waals surface area contributed by atoms with Crippen molar-refractivity contribution in [2.45, 2.75) is 39.2 Å². The third-order valence-electron chi connectivity index (χ3n) is 3.99. The van der Waals surface area contributed by atoms with Gasteiger partial charge < -0.3 is 4.74 Å². The number of ether oxygens (including phenoxy) is 1. The average Bonchev–Trinajstić information content (AvgIpc) is 2.55. The number of carbonyl (C=O) groups is 2. The summed E-state index contributed by atoms with van der Waals surface area (Å²) in [5, 5.41) is 0.345. The molecule has 2 aromatic rings. The molecule has 0 radical (unpaired) electrons. The quantitative estimate of drug-likeness (QED) is 0.422. The molecule has 0 aromatic heterocycles. The van der Waals surface area contributed by atoms with Crippen molar-refractivity contribution >= 4 is 23.4 Å².